The zero-order valence-corrected chi connectivity index (χ0v) is 50.4. The van der Waals surface area contributed by atoms with Gasteiger partial charge in [-0.05, 0) is 83.5 Å². The highest BCUT2D eigenvalue weighted by Crippen LogP contribution is 2.27. The van der Waals surface area contributed by atoms with Gasteiger partial charge in [-0.3, -0.25) is 14.4 Å². The van der Waals surface area contributed by atoms with Crippen molar-refractivity contribution < 1.29 is 58.2 Å². The number of esters is 3. The van der Waals surface area contributed by atoms with Gasteiger partial charge in [-0.25, -0.2) is 4.79 Å². The molecule has 0 amide bonds. The van der Waals surface area contributed by atoms with Crippen LogP contribution in [0.4, 0.5) is 0 Å². The molecule has 0 bridgehead atoms. The average Bonchev–Trinajstić information content (AvgIpc) is 3.47. The van der Waals surface area contributed by atoms with Gasteiger partial charge in [-0.1, -0.05) is 248 Å². The molecule has 12 heteroatoms. The van der Waals surface area contributed by atoms with Crippen molar-refractivity contribution in [1.29, 1.82) is 0 Å². The molecule has 1 aliphatic rings. The Hall–Kier alpha value is -3.58. The Kier molecular flexibility index (Phi) is 51.1. The lowest BCUT2D eigenvalue weighted by molar-refractivity contribution is -0.301. The first-order chi connectivity index (χ1) is 38.6. The minimum atomic E-state index is -1.91. The minimum absolute atomic E-state index is 0.0541. The predicted octanol–water partition coefficient (Wildman–Crippen LogP) is 17.1. The molecule has 79 heavy (non-hydrogen) atoms. The number of unbranched alkanes of at least 4 members (excludes halogenated alkanes) is 31. The molecule has 456 valence electrons. The summed E-state index contributed by atoms with van der Waals surface area (Å²) in [6.07, 6.45) is 56.0. The Balaban J connectivity index is 2.67. The number of ether oxygens (including phenoxy) is 5. The van der Waals surface area contributed by atoms with Gasteiger partial charge in [0.1, 0.15) is 18.8 Å². The normalized spacial score (nSPS) is 18.2. The zero-order valence-electron chi connectivity index (χ0n) is 50.4. The molecule has 12 nitrogen and oxygen atoms in total. The fourth-order valence-electron chi connectivity index (χ4n) is 9.65. The summed E-state index contributed by atoms with van der Waals surface area (Å²) in [5.41, 5.74) is 0. The lowest BCUT2D eigenvalue weighted by Crippen LogP contribution is -2.61. The maximum atomic E-state index is 13.2. The highest BCUT2D eigenvalue weighted by Gasteiger charge is 2.50. The van der Waals surface area contributed by atoms with E-state index < -0.39 is 67.3 Å². The minimum Gasteiger partial charge on any atom is -0.479 e. The first kappa shape index (κ1) is 73.4. The maximum Gasteiger partial charge on any atom is 0.335 e. The Morgan fingerprint density at radius 1 is 0.430 bits per heavy atom. The number of carboxylic acid groups (broad SMARTS) is 1. The summed E-state index contributed by atoms with van der Waals surface area (Å²) in [6, 6.07) is 0. The number of aliphatic hydroxyl groups excluding tert-OH is 2. The van der Waals surface area contributed by atoms with Crippen molar-refractivity contribution in [3.8, 4) is 0 Å². The van der Waals surface area contributed by atoms with Crippen LogP contribution in [0.3, 0.4) is 0 Å². The third kappa shape index (κ3) is 44.7. The molecule has 0 saturated carbocycles. The molecule has 1 heterocycles. The van der Waals surface area contributed by atoms with Crippen molar-refractivity contribution in [2.24, 2.45) is 0 Å². The molecule has 6 atom stereocenters. The number of carbonyl (C=O) groups excluding carboxylic acids is 3. The van der Waals surface area contributed by atoms with E-state index in [4.69, 9.17) is 23.7 Å². The van der Waals surface area contributed by atoms with Crippen molar-refractivity contribution in [3.05, 3.63) is 60.8 Å². The fourth-order valence-corrected chi connectivity index (χ4v) is 9.65. The van der Waals surface area contributed by atoms with Crippen LogP contribution in [0, 0.1) is 0 Å². The Morgan fingerprint density at radius 3 is 1.23 bits per heavy atom. The number of carboxylic acids is 1. The van der Waals surface area contributed by atoms with Gasteiger partial charge in [0.05, 0.1) is 6.61 Å². The number of hydrogen-bond donors (Lipinski definition) is 3. The molecule has 1 fully saturated rings. The van der Waals surface area contributed by atoms with Gasteiger partial charge in [0.25, 0.3) is 0 Å². The molecule has 0 aromatic carbocycles. The smallest absolute Gasteiger partial charge is 0.335 e. The van der Waals surface area contributed by atoms with E-state index in [1.807, 2.05) is 0 Å². The van der Waals surface area contributed by atoms with Gasteiger partial charge in [0, 0.05) is 19.3 Å². The van der Waals surface area contributed by atoms with Crippen molar-refractivity contribution in [2.75, 3.05) is 13.2 Å². The quantitative estimate of drug-likeness (QED) is 0.0228. The van der Waals surface area contributed by atoms with E-state index in [1.54, 1.807) is 0 Å². The summed E-state index contributed by atoms with van der Waals surface area (Å²) in [6.45, 7) is 5.89. The van der Waals surface area contributed by atoms with Crippen LogP contribution < -0.4 is 0 Å². The highest BCUT2D eigenvalue weighted by molar-refractivity contribution is 5.74. The number of aliphatic hydroxyl groups is 2. The van der Waals surface area contributed by atoms with Crippen LogP contribution in [0.2, 0.25) is 0 Å². The van der Waals surface area contributed by atoms with E-state index in [0.29, 0.717) is 19.3 Å². The molecule has 1 saturated heterocycles. The number of hydrogen-bond acceptors (Lipinski definition) is 11. The summed E-state index contributed by atoms with van der Waals surface area (Å²) in [7, 11) is 0. The van der Waals surface area contributed by atoms with Crippen LogP contribution >= 0.6 is 0 Å². The first-order valence-corrected chi connectivity index (χ1v) is 32.3. The third-order valence-electron chi connectivity index (χ3n) is 14.6. The number of aliphatic carboxylic acids is 1. The monoisotopic (exact) mass is 1110 g/mol. The second-order valence-electron chi connectivity index (χ2n) is 22.0. The van der Waals surface area contributed by atoms with Gasteiger partial charge < -0.3 is 39.0 Å². The molecular formula is C67H116O12. The molecule has 0 radical (unpaired) electrons. The lowest BCUT2D eigenvalue weighted by atomic mass is 9.98. The van der Waals surface area contributed by atoms with Crippen molar-refractivity contribution in [2.45, 2.75) is 327 Å². The number of carbonyl (C=O) groups is 4. The van der Waals surface area contributed by atoms with Gasteiger partial charge in [-0.2, -0.15) is 0 Å². The number of rotatable bonds is 55. The summed E-state index contributed by atoms with van der Waals surface area (Å²) in [4.78, 5) is 51.3. The van der Waals surface area contributed by atoms with E-state index in [1.165, 1.54) is 128 Å². The average molecular weight is 1110 g/mol. The fraction of sp³-hybridized carbons (Fsp3) is 0.791. The van der Waals surface area contributed by atoms with Gasteiger partial charge in [0.15, 0.2) is 24.6 Å². The van der Waals surface area contributed by atoms with E-state index >= 15 is 0 Å². The molecule has 1 rings (SSSR count). The molecule has 6 unspecified atom stereocenters. The molecule has 0 aliphatic carbocycles. The van der Waals surface area contributed by atoms with Crippen LogP contribution in [0.5, 0.6) is 0 Å². The van der Waals surface area contributed by atoms with Crippen LogP contribution in [-0.4, -0.2) is 89.2 Å². The molecule has 0 aromatic rings. The first-order valence-electron chi connectivity index (χ1n) is 32.3. The number of allylic oxidation sites excluding steroid dienone is 10. The second kappa shape index (κ2) is 55.0. The molecular weight excluding hydrogens is 997 g/mol. The van der Waals surface area contributed by atoms with Crippen molar-refractivity contribution in [3.63, 3.8) is 0 Å². The SMILES string of the molecule is CC/C=C\C/C=C\C/C=C\C/C=C\CCCCCCC(=O)OCC(COC1OC(C(=O)O)C(O)C(O)C1OC(=O)CCCCCCCCC/C=C\CCCCCCCC)OC(=O)CCCCCCCCCCCCCCCCC. The van der Waals surface area contributed by atoms with E-state index in [9.17, 15) is 34.5 Å². The summed E-state index contributed by atoms with van der Waals surface area (Å²) >= 11 is 0. The van der Waals surface area contributed by atoms with Crippen LogP contribution in [-0.2, 0) is 42.9 Å². The predicted molar refractivity (Wildman–Crippen MR) is 322 cm³/mol. The topological polar surface area (TPSA) is 175 Å². The Labute approximate surface area is 481 Å². The molecule has 0 spiro atoms. The largest absolute Gasteiger partial charge is 0.479 e. The van der Waals surface area contributed by atoms with Crippen LogP contribution in [0.25, 0.3) is 0 Å². The summed E-state index contributed by atoms with van der Waals surface area (Å²) in [5, 5.41) is 31.6. The van der Waals surface area contributed by atoms with E-state index in [2.05, 4.69) is 81.5 Å². The lowest BCUT2D eigenvalue weighted by Gasteiger charge is -2.40. The zero-order chi connectivity index (χ0) is 57.5. The second-order valence-corrected chi connectivity index (χ2v) is 22.0. The van der Waals surface area contributed by atoms with Gasteiger partial charge in [-0.15, -0.1) is 0 Å². The Morgan fingerprint density at radius 2 is 0.797 bits per heavy atom. The Bertz CT molecular complexity index is 1600. The molecule has 3 N–H and O–H groups in total. The van der Waals surface area contributed by atoms with Gasteiger partial charge >= 0.3 is 23.9 Å². The highest BCUT2D eigenvalue weighted by atomic mass is 16.7. The third-order valence-corrected chi connectivity index (χ3v) is 14.6. The summed E-state index contributed by atoms with van der Waals surface area (Å²) < 4.78 is 28.5. The van der Waals surface area contributed by atoms with Crippen LogP contribution in [0.1, 0.15) is 290 Å². The van der Waals surface area contributed by atoms with Crippen molar-refractivity contribution >= 4 is 23.9 Å². The molecule has 0 aromatic heterocycles. The van der Waals surface area contributed by atoms with E-state index in [-0.39, 0.29) is 25.9 Å². The van der Waals surface area contributed by atoms with Crippen LogP contribution in [0.15, 0.2) is 60.8 Å². The maximum absolute atomic E-state index is 13.2. The molecule has 1 aliphatic heterocycles. The van der Waals surface area contributed by atoms with E-state index in [0.717, 1.165) is 103 Å². The standard InChI is InChI=1S/C67H116O12/c1-4-7-10-13-16-19-22-25-28-30-33-35-38-41-44-47-50-53-59(68)75-56-58(77-60(69)54-51-48-45-42-39-36-32-27-24-21-18-15-12-9-6-3)57-76-67-65(63(72)62(71)64(79-67)66(73)74)78-61(70)55-52-49-46-43-40-37-34-31-29-26-23-20-17-14-11-8-5-2/h7,10,16,19,25-26,28-29,33,35,58,62-65,67,71-72H,4-6,8-9,11-15,17-18,20-24,27,30-32,34,36-57H2,1-3H3,(H,73,74)/b10-7-,19-16-,28-25-,29-26-,35-33-. The summed E-state index contributed by atoms with van der Waals surface area (Å²) in [5.74, 6) is -3.13. The van der Waals surface area contributed by atoms with Gasteiger partial charge in [0.2, 0.25) is 0 Å². The van der Waals surface area contributed by atoms with Crippen molar-refractivity contribution in [1.82, 2.24) is 0 Å².